The number of imidazole rings is 1. The predicted molar refractivity (Wildman–Crippen MR) is 56.0 cm³/mol. The van der Waals surface area contributed by atoms with Gasteiger partial charge in [-0.05, 0) is 0 Å². The summed E-state index contributed by atoms with van der Waals surface area (Å²) in [6.07, 6.45) is 5.12. The summed E-state index contributed by atoms with van der Waals surface area (Å²) >= 11 is 6.62. The van der Waals surface area contributed by atoms with Gasteiger partial charge in [0.1, 0.15) is 4.99 Å². The molecule has 0 aliphatic carbocycles. The van der Waals surface area contributed by atoms with E-state index < -0.39 is 0 Å². The summed E-state index contributed by atoms with van der Waals surface area (Å²) in [4.78, 5) is 12.4. The van der Waals surface area contributed by atoms with Crippen LogP contribution in [0.5, 0.6) is 0 Å². The number of aromatic nitrogens is 3. The van der Waals surface area contributed by atoms with E-state index in [1.165, 1.54) is 11.3 Å². The average molecular weight is 210 g/mol. The lowest BCUT2D eigenvalue weighted by Gasteiger charge is -2.00. The molecule has 13 heavy (non-hydrogen) atoms. The first-order chi connectivity index (χ1) is 6.36. The highest BCUT2D eigenvalue weighted by Gasteiger charge is 2.03. The molecule has 0 spiro atoms. The highest BCUT2D eigenvalue weighted by molar-refractivity contribution is 7.81. The van der Waals surface area contributed by atoms with Gasteiger partial charge in [-0.1, -0.05) is 12.2 Å². The molecule has 66 valence electrons. The van der Waals surface area contributed by atoms with E-state index in [-0.39, 0.29) is 0 Å². The molecular formula is C7H6N4S2. The standard InChI is InChI=1S/C7H6N4S2/c12-6(5-3-8-4-13-5)11-7-9-1-2-10-7/h1-4H,(H2,9,10,11,12). The quantitative estimate of drug-likeness (QED) is 0.740. The Morgan fingerprint density at radius 3 is 3.15 bits per heavy atom. The van der Waals surface area contributed by atoms with E-state index in [4.69, 9.17) is 12.2 Å². The highest BCUT2D eigenvalue weighted by Crippen LogP contribution is 2.08. The van der Waals surface area contributed by atoms with Gasteiger partial charge in [-0.15, -0.1) is 11.3 Å². The number of anilines is 1. The largest absolute Gasteiger partial charge is 0.331 e. The van der Waals surface area contributed by atoms with Gasteiger partial charge in [-0.3, -0.25) is 4.98 Å². The Bertz CT molecular complexity index is 379. The zero-order chi connectivity index (χ0) is 9.10. The Balaban J connectivity index is 2.08. The van der Waals surface area contributed by atoms with Crippen molar-refractivity contribution in [3.05, 3.63) is 29.0 Å². The first-order valence-corrected chi connectivity index (χ1v) is 4.84. The van der Waals surface area contributed by atoms with Crippen LogP contribution in [0.2, 0.25) is 0 Å². The molecule has 0 fully saturated rings. The number of rotatable bonds is 2. The molecule has 0 aliphatic heterocycles. The molecule has 2 aromatic heterocycles. The van der Waals surface area contributed by atoms with Gasteiger partial charge in [0.15, 0.2) is 0 Å². The zero-order valence-corrected chi connectivity index (χ0v) is 8.15. The molecule has 2 aromatic rings. The number of hydrogen-bond acceptors (Lipinski definition) is 4. The average Bonchev–Trinajstić information content (AvgIpc) is 2.74. The van der Waals surface area contributed by atoms with E-state index in [0.717, 1.165) is 4.88 Å². The van der Waals surface area contributed by atoms with Crippen molar-refractivity contribution in [1.82, 2.24) is 15.0 Å². The molecule has 6 heteroatoms. The monoisotopic (exact) mass is 210 g/mol. The minimum atomic E-state index is 0.637. The Morgan fingerprint density at radius 2 is 2.54 bits per heavy atom. The molecule has 4 nitrogen and oxygen atoms in total. The van der Waals surface area contributed by atoms with E-state index in [9.17, 15) is 0 Å². The number of thiazole rings is 1. The number of nitrogens with one attached hydrogen (secondary N) is 2. The van der Waals surface area contributed by atoms with Crippen LogP contribution in [-0.2, 0) is 0 Å². The molecule has 0 saturated carbocycles. The first-order valence-electron chi connectivity index (χ1n) is 3.55. The lowest BCUT2D eigenvalue weighted by atomic mass is 10.5. The summed E-state index contributed by atoms with van der Waals surface area (Å²) in [5.41, 5.74) is 1.74. The van der Waals surface area contributed by atoms with Crippen molar-refractivity contribution in [1.29, 1.82) is 0 Å². The van der Waals surface area contributed by atoms with Crippen LogP contribution >= 0.6 is 23.6 Å². The summed E-state index contributed by atoms with van der Waals surface area (Å²) in [6.45, 7) is 0. The van der Waals surface area contributed by atoms with Gasteiger partial charge < -0.3 is 10.3 Å². The topological polar surface area (TPSA) is 53.6 Å². The third-order valence-corrected chi connectivity index (χ3v) is 2.63. The van der Waals surface area contributed by atoms with Gasteiger partial charge in [-0.2, -0.15) is 0 Å². The van der Waals surface area contributed by atoms with E-state index >= 15 is 0 Å². The second kappa shape index (κ2) is 3.63. The maximum atomic E-state index is 5.12. The zero-order valence-electron chi connectivity index (χ0n) is 6.52. The smallest absolute Gasteiger partial charge is 0.205 e. The minimum Gasteiger partial charge on any atom is -0.331 e. The van der Waals surface area contributed by atoms with Crippen LogP contribution in [0.15, 0.2) is 24.1 Å². The molecule has 0 aliphatic rings. The fourth-order valence-electron chi connectivity index (χ4n) is 0.831. The number of thiocarbonyl (C=S) groups is 1. The van der Waals surface area contributed by atoms with Crippen molar-refractivity contribution in [3.8, 4) is 0 Å². The summed E-state index contributed by atoms with van der Waals surface area (Å²) in [5.74, 6) is 0.651. The van der Waals surface area contributed by atoms with E-state index in [1.807, 2.05) is 0 Å². The van der Waals surface area contributed by atoms with Crippen molar-refractivity contribution < 1.29 is 0 Å². The summed E-state index contributed by atoms with van der Waals surface area (Å²) in [6, 6.07) is 0. The third-order valence-electron chi connectivity index (χ3n) is 1.39. The number of H-pyrrole nitrogens is 1. The SMILES string of the molecule is S=C(Nc1ncc[nH]1)c1cncs1. The van der Waals surface area contributed by atoms with Crippen molar-refractivity contribution >= 4 is 34.5 Å². The summed E-state index contributed by atoms with van der Waals surface area (Å²) in [5, 5.41) is 2.96. The molecule has 2 N–H and O–H groups in total. The van der Waals surface area contributed by atoms with Gasteiger partial charge in [0.25, 0.3) is 0 Å². The Labute approximate surface area is 84.1 Å². The van der Waals surface area contributed by atoms with Crippen LogP contribution < -0.4 is 5.32 Å². The van der Waals surface area contributed by atoms with Crippen LogP contribution in [-0.4, -0.2) is 19.9 Å². The second-order valence-electron chi connectivity index (χ2n) is 2.26. The van der Waals surface area contributed by atoms with Crippen LogP contribution in [0.3, 0.4) is 0 Å². The van der Waals surface area contributed by atoms with Gasteiger partial charge >= 0.3 is 0 Å². The first kappa shape index (κ1) is 8.33. The predicted octanol–water partition coefficient (Wildman–Crippen LogP) is 1.65. The van der Waals surface area contributed by atoms with Crippen molar-refractivity contribution in [2.45, 2.75) is 0 Å². The molecule has 0 unspecified atom stereocenters. The number of nitrogens with zero attached hydrogens (tertiary/aromatic N) is 2. The van der Waals surface area contributed by atoms with Crippen molar-refractivity contribution in [2.24, 2.45) is 0 Å². The molecule has 0 bridgehead atoms. The fraction of sp³-hybridized carbons (Fsp3) is 0. The summed E-state index contributed by atoms with van der Waals surface area (Å²) in [7, 11) is 0. The van der Waals surface area contributed by atoms with E-state index in [1.54, 1.807) is 24.1 Å². The molecular weight excluding hydrogens is 204 g/mol. The van der Waals surface area contributed by atoms with Crippen molar-refractivity contribution in [2.75, 3.05) is 5.32 Å². The van der Waals surface area contributed by atoms with Crippen LogP contribution in [0, 0.1) is 0 Å². The van der Waals surface area contributed by atoms with Crippen LogP contribution in [0.4, 0.5) is 5.95 Å². The number of aromatic amines is 1. The normalized spacial score (nSPS) is 9.85. The Kier molecular flexibility index (Phi) is 2.33. The molecule has 0 atom stereocenters. The van der Waals surface area contributed by atoms with Gasteiger partial charge in [0, 0.05) is 18.6 Å². The molecule has 0 amide bonds. The third kappa shape index (κ3) is 1.90. The van der Waals surface area contributed by atoms with Gasteiger partial charge in [-0.25, -0.2) is 4.98 Å². The molecule has 0 radical (unpaired) electrons. The molecule has 2 rings (SSSR count). The minimum absolute atomic E-state index is 0.637. The second-order valence-corrected chi connectivity index (χ2v) is 3.55. The number of hydrogen-bond donors (Lipinski definition) is 2. The van der Waals surface area contributed by atoms with Crippen LogP contribution in [0.25, 0.3) is 0 Å². The maximum Gasteiger partial charge on any atom is 0.205 e. The van der Waals surface area contributed by atoms with E-state index in [0.29, 0.717) is 10.9 Å². The van der Waals surface area contributed by atoms with Crippen molar-refractivity contribution in [3.63, 3.8) is 0 Å². The highest BCUT2D eigenvalue weighted by atomic mass is 32.1. The lowest BCUT2D eigenvalue weighted by molar-refractivity contribution is 1.31. The molecule has 2 heterocycles. The van der Waals surface area contributed by atoms with Gasteiger partial charge in [0.05, 0.1) is 10.4 Å². The lowest BCUT2D eigenvalue weighted by Crippen LogP contribution is -2.09. The molecule has 0 saturated heterocycles. The summed E-state index contributed by atoms with van der Waals surface area (Å²) < 4.78 is 0. The Morgan fingerprint density at radius 1 is 1.62 bits per heavy atom. The maximum absolute atomic E-state index is 5.12. The fourth-order valence-corrected chi connectivity index (χ4v) is 1.64. The van der Waals surface area contributed by atoms with Crippen LogP contribution in [0.1, 0.15) is 4.88 Å². The Hall–Kier alpha value is -1.27. The van der Waals surface area contributed by atoms with E-state index in [2.05, 4.69) is 20.3 Å². The van der Waals surface area contributed by atoms with Gasteiger partial charge in [0.2, 0.25) is 5.95 Å². The molecule has 0 aromatic carbocycles.